The Morgan fingerprint density at radius 3 is 1.62 bits per heavy atom. The van der Waals surface area contributed by atoms with Gasteiger partial charge in [-0.1, -0.05) is 152 Å². The zero-order chi connectivity index (χ0) is 48.7. The number of benzene rings is 5. The number of likely N-dealkylation sites (N-methyl/N-ethyl adjacent to an activating group) is 1. The Morgan fingerprint density at radius 1 is 0.609 bits per heavy atom. The van der Waals surface area contributed by atoms with Crippen LogP contribution in [-0.4, -0.2) is 105 Å². The van der Waals surface area contributed by atoms with Crippen LogP contribution in [0.15, 0.2) is 152 Å². The molecule has 0 radical (unpaired) electrons. The quantitative estimate of drug-likeness (QED) is 0.0596. The van der Waals surface area contributed by atoms with Crippen LogP contribution in [0.2, 0.25) is 0 Å². The maximum atomic E-state index is 15.0. The van der Waals surface area contributed by atoms with E-state index in [9.17, 15) is 24.0 Å². The van der Waals surface area contributed by atoms with Crippen LogP contribution in [0.3, 0.4) is 0 Å². The Labute approximate surface area is 402 Å². The number of hydrazine groups is 2. The average Bonchev–Trinajstić information content (AvgIpc) is 3.41. The van der Waals surface area contributed by atoms with Gasteiger partial charge in [-0.05, 0) is 67.3 Å². The summed E-state index contributed by atoms with van der Waals surface area (Å²) >= 11 is 0. The summed E-state index contributed by atoms with van der Waals surface area (Å²) in [4.78, 5) is 93.1. The normalized spacial score (nSPS) is 16.7. The molecule has 0 bridgehead atoms. The van der Waals surface area contributed by atoms with Crippen molar-refractivity contribution in [3.63, 3.8) is 0 Å². The molecule has 2 fully saturated rings. The molecule has 0 unspecified atom stereocenters. The summed E-state index contributed by atoms with van der Waals surface area (Å²) in [7, 11) is 1.40. The monoisotopic (exact) mass is 938 g/mol. The number of amides is 5. The summed E-state index contributed by atoms with van der Waals surface area (Å²) < 4.78 is 17.5. The predicted octanol–water partition coefficient (Wildman–Crippen LogP) is 7.37. The van der Waals surface area contributed by atoms with Gasteiger partial charge in [-0.2, -0.15) is 0 Å². The van der Waals surface area contributed by atoms with Crippen molar-refractivity contribution in [2.45, 2.75) is 89.6 Å². The summed E-state index contributed by atoms with van der Waals surface area (Å²) in [6, 6.07) is 40.8. The van der Waals surface area contributed by atoms with Gasteiger partial charge in [0.1, 0.15) is 37.9 Å². The van der Waals surface area contributed by atoms with Gasteiger partial charge in [0.25, 0.3) is 11.8 Å². The third-order valence-electron chi connectivity index (χ3n) is 12.1. The van der Waals surface area contributed by atoms with Crippen LogP contribution in [0.25, 0.3) is 0 Å². The Balaban J connectivity index is 1.12. The van der Waals surface area contributed by atoms with Crippen molar-refractivity contribution in [1.82, 2.24) is 30.4 Å². The number of nitrogens with zero attached hydrogens (tertiary/aromatic N) is 5. The van der Waals surface area contributed by atoms with Crippen LogP contribution < -0.4 is 5.43 Å². The highest BCUT2D eigenvalue weighted by molar-refractivity contribution is 5.94. The molecule has 16 heteroatoms. The molecule has 7 rings (SSSR count). The summed E-state index contributed by atoms with van der Waals surface area (Å²) in [6.45, 7) is 3.12. The van der Waals surface area contributed by atoms with E-state index in [1.807, 2.05) is 140 Å². The Hall–Kier alpha value is -7.56. The van der Waals surface area contributed by atoms with Crippen LogP contribution in [0.5, 0.6) is 0 Å². The minimum absolute atomic E-state index is 0.0332. The topological polar surface area (TPSA) is 168 Å². The highest BCUT2D eigenvalue weighted by Crippen LogP contribution is 2.30. The molecule has 360 valence electrons. The van der Waals surface area contributed by atoms with Gasteiger partial charge in [-0.3, -0.25) is 19.2 Å². The molecule has 2 aliphatic rings. The minimum atomic E-state index is -1.31. The van der Waals surface area contributed by atoms with Crippen molar-refractivity contribution >= 4 is 35.9 Å². The van der Waals surface area contributed by atoms with E-state index in [4.69, 9.17) is 19.0 Å². The highest BCUT2D eigenvalue weighted by atomic mass is 16.7. The first-order chi connectivity index (χ1) is 33.5. The average molecular weight is 939 g/mol. The summed E-state index contributed by atoms with van der Waals surface area (Å²) in [5.41, 5.74) is 6.60. The van der Waals surface area contributed by atoms with Crippen LogP contribution in [0.1, 0.15) is 73.5 Å². The van der Waals surface area contributed by atoms with Crippen molar-refractivity contribution in [1.29, 1.82) is 0 Å². The number of nitrogens with one attached hydrogen (secondary N) is 1. The first kappa shape index (κ1) is 49.3. The number of esters is 1. The molecule has 4 atom stereocenters. The number of carbonyl (C=O) groups is 6. The highest BCUT2D eigenvalue weighted by Gasteiger charge is 2.46. The molecule has 2 heterocycles. The fourth-order valence-corrected chi connectivity index (χ4v) is 8.15. The van der Waals surface area contributed by atoms with Crippen molar-refractivity contribution in [3.8, 4) is 0 Å². The third kappa shape index (κ3) is 12.7. The van der Waals surface area contributed by atoms with Crippen molar-refractivity contribution in [2.75, 3.05) is 20.1 Å². The lowest BCUT2D eigenvalue weighted by Crippen LogP contribution is -2.65. The van der Waals surface area contributed by atoms with Gasteiger partial charge in [0.15, 0.2) is 12.1 Å². The van der Waals surface area contributed by atoms with Crippen LogP contribution in [-0.2, 0) is 58.0 Å². The molecule has 2 saturated heterocycles. The second-order valence-electron chi connectivity index (χ2n) is 16.9. The number of carbonyl (C=O) groups excluding carboxylic acids is 6. The molecule has 0 aliphatic carbocycles. The summed E-state index contributed by atoms with van der Waals surface area (Å²) in [6.07, 6.45) is -1.14. The number of hydrogen-bond acceptors (Lipinski definition) is 11. The van der Waals surface area contributed by atoms with E-state index in [1.54, 1.807) is 12.1 Å². The van der Waals surface area contributed by atoms with E-state index in [-0.39, 0.29) is 39.3 Å². The van der Waals surface area contributed by atoms with Crippen LogP contribution in [0, 0.1) is 0 Å². The van der Waals surface area contributed by atoms with Crippen LogP contribution in [0.4, 0.5) is 9.59 Å². The Morgan fingerprint density at radius 2 is 1.09 bits per heavy atom. The summed E-state index contributed by atoms with van der Waals surface area (Å²) in [5, 5.41) is 4.37. The Kier molecular flexibility index (Phi) is 17.1. The predicted molar refractivity (Wildman–Crippen MR) is 253 cm³/mol. The minimum Gasteiger partial charge on any atom is -0.451 e. The van der Waals surface area contributed by atoms with Gasteiger partial charge < -0.3 is 19.1 Å². The van der Waals surface area contributed by atoms with Crippen LogP contribution >= 0.6 is 0 Å². The van der Waals surface area contributed by atoms with Gasteiger partial charge in [-0.15, -0.1) is 0 Å². The zero-order valence-electron chi connectivity index (χ0n) is 39.0. The molecule has 5 aromatic carbocycles. The molecule has 0 aromatic heterocycles. The molecule has 16 nitrogen and oxygen atoms in total. The molecule has 5 amide bonds. The first-order valence-corrected chi connectivity index (χ1v) is 23.1. The molecule has 69 heavy (non-hydrogen) atoms. The molecule has 0 spiro atoms. The van der Waals surface area contributed by atoms with E-state index in [1.165, 1.54) is 25.9 Å². The van der Waals surface area contributed by atoms with E-state index >= 15 is 4.79 Å². The van der Waals surface area contributed by atoms with E-state index < -0.39 is 66.1 Å². The fourth-order valence-electron chi connectivity index (χ4n) is 8.15. The molecule has 2 aliphatic heterocycles. The smallest absolute Gasteiger partial charge is 0.429 e. The van der Waals surface area contributed by atoms with E-state index in [0.717, 1.165) is 31.1 Å². The summed E-state index contributed by atoms with van der Waals surface area (Å²) in [5.74, 6) is -2.85. The number of ether oxygens (including phenoxy) is 3. The second-order valence-corrected chi connectivity index (χ2v) is 16.9. The van der Waals surface area contributed by atoms with Gasteiger partial charge in [-0.25, -0.2) is 39.9 Å². The van der Waals surface area contributed by atoms with E-state index in [2.05, 4.69) is 5.43 Å². The number of hydroxylamine groups is 2. The maximum Gasteiger partial charge on any atom is 0.429 e. The molecule has 5 aromatic rings. The second kappa shape index (κ2) is 23.9. The molecule has 1 N–H and O–H groups in total. The SMILES string of the molecule is C[C@H](C(=O)N1[C@H](C(=O)OC(c2ccccc2)c2ccccc2)CCCN1C(=O)OCc1ccccc1)N(C)C(=O)[C@H](C)N(OCc1ccccc1)C(=O)[C@H]1CCCN(C(=O)OCc2ccccc2)N1. The molecule has 0 saturated carbocycles. The number of rotatable bonds is 16. The van der Waals surface area contributed by atoms with Crippen molar-refractivity contribution in [3.05, 3.63) is 179 Å². The zero-order valence-corrected chi connectivity index (χ0v) is 39.0. The van der Waals surface area contributed by atoms with Gasteiger partial charge in [0.2, 0.25) is 5.91 Å². The maximum absolute atomic E-state index is 15.0. The van der Waals surface area contributed by atoms with Gasteiger partial charge in [0, 0.05) is 20.1 Å². The lowest BCUT2D eigenvalue weighted by atomic mass is 10.0. The van der Waals surface area contributed by atoms with Gasteiger partial charge >= 0.3 is 18.2 Å². The lowest BCUT2D eigenvalue weighted by Gasteiger charge is -2.44. The largest absolute Gasteiger partial charge is 0.451 e. The molecular formula is C53H58N6O10. The Bertz CT molecular complexity index is 2450. The third-order valence-corrected chi connectivity index (χ3v) is 12.1. The first-order valence-electron chi connectivity index (χ1n) is 23.1. The van der Waals surface area contributed by atoms with Crippen molar-refractivity contribution in [2.24, 2.45) is 0 Å². The lowest BCUT2D eigenvalue weighted by molar-refractivity contribution is -0.211. The van der Waals surface area contributed by atoms with Crippen molar-refractivity contribution < 1.29 is 47.8 Å². The standard InChI is InChI=1S/C53H58N6O10/c1-38(55(3)48(60)39(2)59(68-37-42-25-13-6-14-26-42)50(62)45-31-19-33-56(54-45)52(64)66-35-40-21-9-4-10-22-40)49(61)58-46(32-20-34-57(58)53(65)67-36-41-23-11-5-12-24-41)51(63)69-47(43-27-15-7-16-28-43)44-29-17-8-18-30-44/h4-18,21-30,38-39,45-47,54H,19-20,31-37H2,1-3H3/t38-,39+,45-,46+/m1/s1. The fraction of sp³-hybridized carbons (Fsp3) is 0.321. The van der Waals surface area contributed by atoms with E-state index in [0.29, 0.717) is 36.0 Å². The van der Waals surface area contributed by atoms with Gasteiger partial charge in [0.05, 0.1) is 0 Å². The number of hydrogen-bond donors (Lipinski definition) is 1. The molecular weight excluding hydrogens is 881 g/mol.